The molecule has 0 fully saturated rings. The Kier molecular flexibility index (Phi) is 16.0. The van der Waals surface area contributed by atoms with Gasteiger partial charge in [-0.15, -0.1) is 0 Å². The van der Waals surface area contributed by atoms with Crippen molar-refractivity contribution in [1.29, 1.82) is 0 Å². The van der Waals surface area contributed by atoms with Crippen molar-refractivity contribution in [2.45, 2.75) is 45.4 Å². The van der Waals surface area contributed by atoms with Crippen LogP contribution in [0.1, 0.15) is 45.4 Å². The number of hydrogen-bond donors (Lipinski definition) is 1. The Morgan fingerprint density at radius 1 is 0.900 bits per heavy atom. The van der Waals surface area contributed by atoms with Crippen molar-refractivity contribution in [1.82, 2.24) is 0 Å². The van der Waals surface area contributed by atoms with Gasteiger partial charge < -0.3 is 5.11 Å². The maximum absolute atomic E-state index is 8.42. The molecule has 0 bridgehead atoms. The molecule has 0 heterocycles. The molecule has 0 atom stereocenters. The molecular weight excluding hydrogens is 168 g/mol. The third-order valence-corrected chi connectivity index (χ3v) is 1.51. The van der Waals surface area contributed by atoms with Crippen molar-refractivity contribution in [2.24, 2.45) is 0 Å². The summed E-state index contributed by atoms with van der Waals surface area (Å²) in [7, 11) is 0. The first kappa shape index (κ1) is 13.1. The van der Waals surface area contributed by atoms with Crippen LogP contribution < -0.4 is 0 Å². The molecule has 0 aliphatic rings. The summed E-state index contributed by atoms with van der Waals surface area (Å²) in [4.78, 5) is 0. The molecule has 0 aromatic heterocycles. The summed E-state index contributed by atoms with van der Waals surface area (Å²) >= 11 is 0. The van der Waals surface area contributed by atoms with E-state index in [1.54, 1.807) is 0 Å². The number of unbranched alkanes of at least 4 members (excludes halogenated alkanes) is 5. The SMILES string of the molecule is CCCCCCCCO.[Fe]. The van der Waals surface area contributed by atoms with Gasteiger partial charge in [-0.3, -0.25) is 0 Å². The fourth-order valence-corrected chi connectivity index (χ4v) is 0.892. The van der Waals surface area contributed by atoms with E-state index in [4.69, 9.17) is 5.11 Å². The van der Waals surface area contributed by atoms with Gasteiger partial charge in [0.1, 0.15) is 0 Å². The fourth-order valence-electron chi connectivity index (χ4n) is 0.892. The molecule has 0 radical (unpaired) electrons. The summed E-state index contributed by atoms with van der Waals surface area (Å²) < 4.78 is 0. The maximum atomic E-state index is 8.42. The summed E-state index contributed by atoms with van der Waals surface area (Å²) in [5.41, 5.74) is 0. The summed E-state index contributed by atoms with van der Waals surface area (Å²) in [6.45, 7) is 2.58. The van der Waals surface area contributed by atoms with Gasteiger partial charge in [-0.2, -0.15) is 0 Å². The molecule has 0 amide bonds. The second-order valence-corrected chi connectivity index (χ2v) is 2.49. The molecule has 0 aliphatic carbocycles. The molecule has 0 aliphatic heterocycles. The minimum atomic E-state index is 0. The van der Waals surface area contributed by atoms with Gasteiger partial charge in [0.2, 0.25) is 0 Å². The number of hydrogen-bond acceptors (Lipinski definition) is 1. The van der Waals surface area contributed by atoms with Crippen LogP contribution in [0.2, 0.25) is 0 Å². The van der Waals surface area contributed by atoms with Crippen LogP contribution in [0.3, 0.4) is 0 Å². The zero-order valence-electron chi connectivity index (χ0n) is 6.75. The topological polar surface area (TPSA) is 20.2 Å². The maximum Gasteiger partial charge on any atom is 0.0431 e. The number of rotatable bonds is 6. The molecule has 64 valence electrons. The van der Waals surface area contributed by atoms with Crippen molar-refractivity contribution < 1.29 is 22.2 Å². The van der Waals surface area contributed by atoms with Gasteiger partial charge in [-0.1, -0.05) is 39.0 Å². The van der Waals surface area contributed by atoms with Crippen LogP contribution in [0, 0.1) is 0 Å². The molecule has 0 spiro atoms. The van der Waals surface area contributed by atoms with E-state index in [0.29, 0.717) is 6.61 Å². The Morgan fingerprint density at radius 3 is 1.90 bits per heavy atom. The van der Waals surface area contributed by atoms with E-state index in [0.717, 1.165) is 6.42 Å². The average Bonchev–Trinajstić information content (AvgIpc) is 1.89. The first-order valence-electron chi connectivity index (χ1n) is 4.02. The minimum Gasteiger partial charge on any atom is -0.396 e. The molecule has 1 N–H and O–H groups in total. The molecule has 0 saturated carbocycles. The van der Waals surface area contributed by atoms with E-state index >= 15 is 0 Å². The quantitative estimate of drug-likeness (QED) is 0.498. The summed E-state index contributed by atoms with van der Waals surface area (Å²) in [6, 6.07) is 0. The van der Waals surface area contributed by atoms with E-state index in [2.05, 4.69) is 6.92 Å². The van der Waals surface area contributed by atoms with Crippen molar-refractivity contribution in [3.63, 3.8) is 0 Å². The first-order valence-corrected chi connectivity index (χ1v) is 4.02. The third-order valence-electron chi connectivity index (χ3n) is 1.51. The predicted octanol–water partition coefficient (Wildman–Crippen LogP) is 2.34. The molecule has 0 saturated heterocycles. The van der Waals surface area contributed by atoms with Gasteiger partial charge >= 0.3 is 0 Å². The van der Waals surface area contributed by atoms with Gasteiger partial charge in [0, 0.05) is 23.7 Å². The molecule has 0 aromatic carbocycles. The van der Waals surface area contributed by atoms with E-state index < -0.39 is 0 Å². The van der Waals surface area contributed by atoms with Crippen molar-refractivity contribution >= 4 is 0 Å². The van der Waals surface area contributed by atoms with Crippen LogP contribution >= 0.6 is 0 Å². The molecule has 0 rings (SSSR count). The number of aliphatic hydroxyl groups is 1. The van der Waals surface area contributed by atoms with Crippen molar-refractivity contribution in [2.75, 3.05) is 6.61 Å². The van der Waals surface area contributed by atoms with Gasteiger partial charge in [-0.25, -0.2) is 0 Å². The van der Waals surface area contributed by atoms with Crippen LogP contribution in [0.5, 0.6) is 0 Å². The van der Waals surface area contributed by atoms with Gasteiger partial charge in [-0.05, 0) is 6.42 Å². The van der Waals surface area contributed by atoms with Gasteiger partial charge in [0.15, 0.2) is 0 Å². The Morgan fingerprint density at radius 2 is 1.40 bits per heavy atom. The molecule has 2 heteroatoms. The Labute approximate surface area is 74.7 Å². The molecule has 10 heavy (non-hydrogen) atoms. The first-order chi connectivity index (χ1) is 4.41. The Balaban J connectivity index is 0. The Hall–Kier alpha value is 0.479. The van der Waals surface area contributed by atoms with Crippen LogP contribution in [0.15, 0.2) is 0 Å². The zero-order valence-corrected chi connectivity index (χ0v) is 7.85. The Bertz CT molecular complexity index is 42.5. The van der Waals surface area contributed by atoms with Crippen molar-refractivity contribution in [3.8, 4) is 0 Å². The standard InChI is InChI=1S/C8H18O.Fe/c1-2-3-4-5-6-7-8-9;/h9H,2-8H2,1H3;. The third kappa shape index (κ3) is 11.3. The molecule has 0 aromatic rings. The molecular formula is C8H18FeO. The number of aliphatic hydroxyl groups excluding tert-OH is 1. The smallest absolute Gasteiger partial charge is 0.0431 e. The minimum absolute atomic E-state index is 0. The van der Waals surface area contributed by atoms with E-state index in [9.17, 15) is 0 Å². The normalized spacial score (nSPS) is 9.00. The summed E-state index contributed by atoms with van der Waals surface area (Å²) in [5.74, 6) is 0. The monoisotopic (exact) mass is 186 g/mol. The summed E-state index contributed by atoms with van der Waals surface area (Å²) in [5, 5.41) is 8.42. The fraction of sp³-hybridized carbons (Fsp3) is 1.00. The van der Waals surface area contributed by atoms with E-state index in [-0.39, 0.29) is 17.1 Å². The largest absolute Gasteiger partial charge is 0.396 e. The van der Waals surface area contributed by atoms with Gasteiger partial charge in [0.05, 0.1) is 0 Å². The second-order valence-electron chi connectivity index (χ2n) is 2.49. The zero-order chi connectivity index (χ0) is 6.95. The second kappa shape index (κ2) is 12.2. The predicted molar refractivity (Wildman–Crippen MR) is 40.5 cm³/mol. The van der Waals surface area contributed by atoms with E-state index in [1.807, 2.05) is 0 Å². The average molecular weight is 186 g/mol. The van der Waals surface area contributed by atoms with E-state index in [1.165, 1.54) is 32.1 Å². The molecule has 1 nitrogen and oxygen atoms in total. The van der Waals surface area contributed by atoms with Crippen molar-refractivity contribution in [3.05, 3.63) is 0 Å². The van der Waals surface area contributed by atoms with Crippen LogP contribution in [-0.2, 0) is 17.1 Å². The van der Waals surface area contributed by atoms with Crippen LogP contribution in [-0.4, -0.2) is 11.7 Å². The van der Waals surface area contributed by atoms with Gasteiger partial charge in [0.25, 0.3) is 0 Å². The molecule has 0 unspecified atom stereocenters. The van der Waals surface area contributed by atoms with Crippen LogP contribution in [0.4, 0.5) is 0 Å². The van der Waals surface area contributed by atoms with Crippen LogP contribution in [0.25, 0.3) is 0 Å². The summed E-state index contributed by atoms with van der Waals surface area (Å²) in [6.07, 6.45) is 7.50.